The van der Waals surface area contributed by atoms with Crippen molar-refractivity contribution in [3.05, 3.63) is 29.8 Å². The molecule has 1 atom stereocenters. The Labute approximate surface area is 140 Å². The van der Waals surface area contributed by atoms with Crippen molar-refractivity contribution in [1.82, 2.24) is 9.80 Å². The number of aliphatic carboxylic acids is 1. The summed E-state index contributed by atoms with van der Waals surface area (Å²) in [6.07, 6.45) is 1.37. The van der Waals surface area contributed by atoms with Crippen LogP contribution in [0.15, 0.2) is 24.3 Å². The Hall–Kier alpha value is -2.41. The van der Waals surface area contributed by atoms with Crippen LogP contribution in [0, 0.1) is 0 Å². The van der Waals surface area contributed by atoms with E-state index in [1.807, 2.05) is 6.07 Å². The number of piperazine rings is 1. The van der Waals surface area contributed by atoms with Gasteiger partial charge in [0.2, 0.25) is 5.91 Å². The highest BCUT2D eigenvalue weighted by molar-refractivity contribution is 5.99. The molecule has 0 spiro atoms. The summed E-state index contributed by atoms with van der Waals surface area (Å²) in [6, 6.07) is 6.33. The molecule has 2 aliphatic rings. The molecule has 7 nitrogen and oxygen atoms in total. The molecule has 0 saturated carbocycles. The minimum atomic E-state index is -0.925. The van der Waals surface area contributed by atoms with Crippen molar-refractivity contribution in [2.75, 3.05) is 38.1 Å². The van der Waals surface area contributed by atoms with Crippen molar-refractivity contribution in [3.8, 4) is 0 Å². The van der Waals surface area contributed by atoms with Gasteiger partial charge in [0.15, 0.2) is 0 Å². The number of likely N-dealkylation sites (N-methyl/N-ethyl adjacent to an activating group) is 1. The first-order chi connectivity index (χ1) is 11.5. The SMILES string of the molecule is CN1CCN(C(=O)c2cccc(N3CCCC3=O)c2)CC1C(=O)O. The maximum absolute atomic E-state index is 12.7. The molecular formula is C17H21N3O4. The fraction of sp³-hybridized carbons (Fsp3) is 0.471. The molecule has 0 aliphatic carbocycles. The normalized spacial score (nSPS) is 22.0. The molecule has 128 valence electrons. The number of carbonyl (C=O) groups excluding carboxylic acids is 2. The van der Waals surface area contributed by atoms with E-state index in [1.165, 1.54) is 0 Å². The van der Waals surface area contributed by atoms with Gasteiger partial charge in [-0.3, -0.25) is 19.3 Å². The first-order valence-corrected chi connectivity index (χ1v) is 8.10. The molecule has 1 unspecified atom stereocenters. The summed E-state index contributed by atoms with van der Waals surface area (Å²) in [4.78, 5) is 40.9. The van der Waals surface area contributed by atoms with Gasteiger partial charge in [0.1, 0.15) is 6.04 Å². The largest absolute Gasteiger partial charge is 0.480 e. The van der Waals surface area contributed by atoms with Crippen LogP contribution in [0.5, 0.6) is 0 Å². The lowest BCUT2D eigenvalue weighted by molar-refractivity contribution is -0.144. The van der Waals surface area contributed by atoms with Crippen LogP contribution in [0.1, 0.15) is 23.2 Å². The number of anilines is 1. The van der Waals surface area contributed by atoms with E-state index in [9.17, 15) is 19.5 Å². The molecule has 2 heterocycles. The number of carbonyl (C=O) groups is 3. The summed E-state index contributed by atoms with van der Waals surface area (Å²) in [6.45, 7) is 1.85. The van der Waals surface area contributed by atoms with E-state index in [0.717, 1.165) is 12.1 Å². The number of carboxylic acids is 1. The van der Waals surface area contributed by atoms with Crippen molar-refractivity contribution >= 4 is 23.5 Å². The van der Waals surface area contributed by atoms with Crippen LogP contribution in [0.3, 0.4) is 0 Å². The van der Waals surface area contributed by atoms with Crippen LogP contribution in [-0.2, 0) is 9.59 Å². The highest BCUT2D eigenvalue weighted by Crippen LogP contribution is 2.23. The van der Waals surface area contributed by atoms with E-state index in [4.69, 9.17) is 0 Å². The Balaban J connectivity index is 1.78. The second-order valence-electron chi connectivity index (χ2n) is 6.29. The van der Waals surface area contributed by atoms with E-state index < -0.39 is 12.0 Å². The maximum Gasteiger partial charge on any atom is 0.322 e. The average molecular weight is 331 g/mol. The Kier molecular flexibility index (Phi) is 4.53. The van der Waals surface area contributed by atoms with Crippen LogP contribution in [0.25, 0.3) is 0 Å². The third-order valence-corrected chi connectivity index (χ3v) is 4.70. The molecule has 2 amide bonds. The molecule has 0 aromatic heterocycles. The monoisotopic (exact) mass is 331 g/mol. The molecule has 1 aromatic rings. The van der Waals surface area contributed by atoms with Crippen molar-refractivity contribution in [2.45, 2.75) is 18.9 Å². The summed E-state index contributed by atoms with van der Waals surface area (Å²) < 4.78 is 0. The third-order valence-electron chi connectivity index (χ3n) is 4.70. The van der Waals surface area contributed by atoms with Crippen molar-refractivity contribution in [3.63, 3.8) is 0 Å². The Morgan fingerprint density at radius 3 is 2.67 bits per heavy atom. The number of hydrogen-bond acceptors (Lipinski definition) is 4. The van der Waals surface area contributed by atoms with Crippen LogP contribution in [-0.4, -0.2) is 72.0 Å². The average Bonchev–Trinajstić information content (AvgIpc) is 3.00. The van der Waals surface area contributed by atoms with Gasteiger partial charge < -0.3 is 14.9 Å². The summed E-state index contributed by atoms with van der Waals surface area (Å²) in [5.74, 6) is -1.04. The summed E-state index contributed by atoms with van der Waals surface area (Å²) in [5, 5.41) is 9.27. The van der Waals surface area contributed by atoms with Crippen molar-refractivity contribution in [1.29, 1.82) is 0 Å². The highest BCUT2D eigenvalue weighted by Gasteiger charge is 2.32. The van der Waals surface area contributed by atoms with Gasteiger partial charge >= 0.3 is 5.97 Å². The van der Waals surface area contributed by atoms with Crippen molar-refractivity contribution < 1.29 is 19.5 Å². The molecule has 24 heavy (non-hydrogen) atoms. The first kappa shape index (κ1) is 16.4. The highest BCUT2D eigenvalue weighted by atomic mass is 16.4. The standard InChI is InChI=1S/C17H21N3O4/c1-18-8-9-19(11-14(18)17(23)24)16(22)12-4-2-5-13(10-12)20-7-3-6-15(20)21/h2,4-5,10,14H,3,6-9,11H2,1H3,(H,23,24). The van der Waals surface area contributed by atoms with Gasteiger partial charge in [-0.25, -0.2) is 0 Å². The predicted octanol–water partition coefficient (Wildman–Crippen LogP) is 0.654. The van der Waals surface area contributed by atoms with Gasteiger partial charge in [-0.05, 0) is 31.7 Å². The summed E-state index contributed by atoms with van der Waals surface area (Å²) in [7, 11) is 1.75. The molecule has 1 N–H and O–H groups in total. The fourth-order valence-corrected chi connectivity index (χ4v) is 3.24. The lowest BCUT2D eigenvalue weighted by atomic mass is 10.1. The predicted molar refractivity (Wildman–Crippen MR) is 88.0 cm³/mol. The van der Waals surface area contributed by atoms with E-state index in [1.54, 1.807) is 39.9 Å². The molecule has 0 radical (unpaired) electrons. The minimum Gasteiger partial charge on any atom is -0.480 e. The topological polar surface area (TPSA) is 81.2 Å². The number of hydrogen-bond donors (Lipinski definition) is 1. The summed E-state index contributed by atoms with van der Waals surface area (Å²) >= 11 is 0. The number of benzene rings is 1. The second-order valence-corrected chi connectivity index (χ2v) is 6.29. The zero-order valence-electron chi connectivity index (χ0n) is 13.6. The molecule has 2 aliphatic heterocycles. The fourth-order valence-electron chi connectivity index (χ4n) is 3.24. The Morgan fingerprint density at radius 1 is 1.21 bits per heavy atom. The van der Waals surface area contributed by atoms with Crippen LogP contribution >= 0.6 is 0 Å². The molecule has 2 fully saturated rings. The molecule has 7 heteroatoms. The molecule has 3 rings (SSSR count). The van der Waals surface area contributed by atoms with Gasteiger partial charge in [0, 0.05) is 43.9 Å². The lowest BCUT2D eigenvalue weighted by Crippen LogP contribution is -2.56. The molecule has 1 aromatic carbocycles. The smallest absolute Gasteiger partial charge is 0.322 e. The van der Waals surface area contributed by atoms with Gasteiger partial charge in [-0.15, -0.1) is 0 Å². The van der Waals surface area contributed by atoms with Gasteiger partial charge in [0.25, 0.3) is 5.91 Å². The molecule has 2 saturated heterocycles. The van der Waals surface area contributed by atoms with E-state index >= 15 is 0 Å². The van der Waals surface area contributed by atoms with Gasteiger partial charge in [-0.2, -0.15) is 0 Å². The van der Waals surface area contributed by atoms with Gasteiger partial charge in [0.05, 0.1) is 0 Å². The minimum absolute atomic E-state index is 0.0742. The van der Waals surface area contributed by atoms with Crippen LogP contribution < -0.4 is 4.90 Å². The molecular weight excluding hydrogens is 310 g/mol. The first-order valence-electron chi connectivity index (χ1n) is 8.10. The Bertz CT molecular complexity index is 676. The number of nitrogens with zero attached hydrogens (tertiary/aromatic N) is 3. The van der Waals surface area contributed by atoms with E-state index in [-0.39, 0.29) is 18.4 Å². The van der Waals surface area contributed by atoms with E-state index in [0.29, 0.717) is 31.6 Å². The second kappa shape index (κ2) is 6.60. The number of amides is 2. The van der Waals surface area contributed by atoms with Crippen molar-refractivity contribution in [2.24, 2.45) is 0 Å². The maximum atomic E-state index is 12.7. The third kappa shape index (κ3) is 3.12. The quantitative estimate of drug-likeness (QED) is 0.880. The zero-order chi connectivity index (χ0) is 17.3. The van der Waals surface area contributed by atoms with E-state index in [2.05, 4.69) is 0 Å². The lowest BCUT2D eigenvalue weighted by Gasteiger charge is -2.37. The van der Waals surface area contributed by atoms with Gasteiger partial charge in [-0.1, -0.05) is 6.07 Å². The van der Waals surface area contributed by atoms with Crippen LogP contribution in [0.2, 0.25) is 0 Å². The Morgan fingerprint density at radius 2 is 2.00 bits per heavy atom. The number of carboxylic acid groups (broad SMARTS) is 1. The number of rotatable bonds is 3. The summed E-state index contributed by atoms with van der Waals surface area (Å²) in [5.41, 5.74) is 1.22. The van der Waals surface area contributed by atoms with Crippen LogP contribution in [0.4, 0.5) is 5.69 Å². The molecule has 0 bridgehead atoms. The zero-order valence-corrected chi connectivity index (χ0v) is 13.6.